The maximum absolute atomic E-state index is 14.9. The molecule has 1 aromatic carbocycles. The second-order valence-electron chi connectivity index (χ2n) is 11.7. The smallest absolute Gasteiger partial charge is 0.342 e. The summed E-state index contributed by atoms with van der Waals surface area (Å²) in [6.45, 7) is 1.03. The Hall–Kier alpha value is -3.54. The Balaban J connectivity index is 1.24. The van der Waals surface area contributed by atoms with Crippen molar-refractivity contribution in [2.24, 2.45) is 11.8 Å². The van der Waals surface area contributed by atoms with Crippen molar-refractivity contribution in [1.82, 2.24) is 20.6 Å². The van der Waals surface area contributed by atoms with Crippen molar-refractivity contribution in [3.8, 4) is 5.75 Å². The van der Waals surface area contributed by atoms with E-state index < -0.39 is 18.4 Å². The molecule has 1 saturated heterocycles. The quantitative estimate of drug-likeness (QED) is 0.483. The van der Waals surface area contributed by atoms with E-state index in [2.05, 4.69) is 25.9 Å². The van der Waals surface area contributed by atoms with Crippen LogP contribution in [-0.2, 0) is 4.79 Å². The predicted octanol–water partition coefficient (Wildman–Crippen LogP) is 3.71. The van der Waals surface area contributed by atoms with Crippen LogP contribution >= 0.6 is 0 Å². The normalized spacial score (nSPS) is 25.9. The van der Waals surface area contributed by atoms with Crippen molar-refractivity contribution >= 4 is 35.0 Å². The van der Waals surface area contributed by atoms with Crippen LogP contribution in [0.5, 0.6) is 5.75 Å². The van der Waals surface area contributed by atoms with Crippen LogP contribution in [-0.4, -0.2) is 73.6 Å². The summed E-state index contributed by atoms with van der Waals surface area (Å²) >= 11 is 0. The fraction of sp³-hybridized carbons (Fsp3) is 0.586. The van der Waals surface area contributed by atoms with Gasteiger partial charge in [-0.3, -0.25) is 9.59 Å². The zero-order chi connectivity index (χ0) is 28.7. The van der Waals surface area contributed by atoms with Gasteiger partial charge in [-0.1, -0.05) is 12.8 Å². The Morgan fingerprint density at radius 3 is 2.71 bits per heavy atom. The molecule has 2 amide bonds. The molecule has 0 spiro atoms. The van der Waals surface area contributed by atoms with Gasteiger partial charge in [-0.05, 0) is 68.7 Å². The Bertz CT molecular complexity index is 1320. The Kier molecular flexibility index (Phi) is 7.43. The molecular weight excluding hydrogens is 532 g/mol. The van der Waals surface area contributed by atoms with Crippen molar-refractivity contribution in [3.05, 3.63) is 30.0 Å². The van der Waals surface area contributed by atoms with E-state index in [-0.39, 0.29) is 29.6 Å². The van der Waals surface area contributed by atoms with Gasteiger partial charge in [-0.15, -0.1) is 0 Å². The van der Waals surface area contributed by atoms with Crippen molar-refractivity contribution < 1.29 is 23.1 Å². The number of hydrogen-bond acceptors (Lipinski definition) is 8. The number of fused-ring (bicyclic) bond motifs is 2. The summed E-state index contributed by atoms with van der Waals surface area (Å²) in [5.41, 5.74) is 1.24. The number of carbonyl (C=O) groups excluding carboxylic acids is 2. The summed E-state index contributed by atoms with van der Waals surface area (Å²) in [4.78, 5) is 37.2. The molecule has 2 saturated carbocycles. The van der Waals surface area contributed by atoms with Crippen LogP contribution in [0.15, 0.2) is 24.4 Å². The van der Waals surface area contributed by atoms with Gasteiger partial charge in [0.15, 0.2) is 5.82 Å². The van der Waals surface area contributed by atoms with Crippen molar-refractivity contribution in [2.75, 3.05) is 48.9 Å². The number of methoxy groups -OCH3 is 1. The molecule has 0 radical (unpaired) electrons. The number of anilines is 4. The number of hydrogen-bond donors (Lipinski definition) is 3. The van der Waals surface area contributed by atoms with Crippen LogP contribution in [0.2, 0.25) is 0 Å². The highest BCUT2D eigenvalue weighted by molar-refractivity contribution is 6.02. The first-order valence-electron chi connectivity index (χ1n) is 14.5. The van der Waals surface area contributed by atoms with Crippen LogP contribution in [0.3, 0.4) is 0 Å². The molecule has 0 bridgehead atoms. The predicted molar refractivity (Wildman–Crippen MR) is 151 cm³/mol. The summed E-state index contributed by atoms with van der Waals surface area (Å²) in [5, 5.41) is 9.77. The van der Waals surface area contributed by atoms with Crippen molar-refractivity contribution in [3.63, 3.8) is 0 Å². The number of amides is 2. The molecule has 2 aromatic rings. The molecular formula is C29H37F2N7O3. The number of nitrogens with one attached hydrogen (secondary N) is 3. The van der Waals surface area contributed by atoms with Crippen LogP contribution in [0.4, 0.5) is 31.9 Å². The summed E-state index contributed by atoms with van der Waals surface area (Å²) in [6, 6.07) is 5.07. The molecule has 3 N–H and O–H groups in total. The van der Waals surface area contributed by atoms with Gasteiger partial charge in [0.05, 0.1) is 25.5 Å². The monoisotopic (exact) mass is 569 g/mol. The maximum Gasteiger partial charge on any atom is 0.342 e. The maximum atomic E-state index is 14.9. The fourth-order valence-corrected chi connectivity index (χ4v) is 6.75. The zero-order valence-electron chi connectivity index (χ0n) is 23.5. The average molecular weight is 570 g/mol. The summed E-state index contributed by atoms with van der Waals surface area (Å²) in [7, 11) is 2.84. The summed E-state index contributed by atoms with van der Waals surface area (Å²) in [5.74, 6) is -2.90. The first-order chi connectivity index (χ1) is 19.7. The highest BCUT2D eigenvalue weighted by atomic mass is 19.3. The first kappa shape index (κ1) is 27.6. The Morgan fingerprint density at radius 2 is 1.98 bits per heavy atom. The number of ether oxygens (including phenoxy) is 1. The SMILES string of the molecule is COc1cc(C(=O)N[C@@H]2CNCCC3CC[C@H]32)ccc1Nc1ncc2c(n1)N(C1CCCC1)CC(F)(F)C(=O)N2C. The largest absolute Gasteiger partial charge is 0.495 e. The van der Waals surface area contributed by atoms with Gasteiger partial charge in [-0.2, -0.15) is 13.8 Å². The van der Waals surface area contributed by atoms with E-state index in [1.165, 1.54) is 26.8 Å². The van der Waals surface area contributed by atoms with Gasteiger partial charge in [0.1, 0.15) is 11.4 Å². The highest BCUT2D eigenvalue weighted by Gasteiger charge is 2.49. The molecule has 220 valence electrons. The average Bonchev–Trinajstić information content (AvgIpc) is 3.42. The van der Waals surface area contributed by atoms with Gasteiger partial charge >= 0.3 is 5.92 Å². The molecule has 10 nitrogen and oxygen atoms in total. The first-order valence-corrected chi connectivity index (χ1v) is 14.5. The lowest BCUT2D eigenvalue weighted by molar-refractivity contribution is -0.140. The van der Waals surface area contributed by atoms with Gasteiger partial charge in [-0.25, -0.2) is 4.98 Å². The fourth-order valence-electron chi connectivity index (χ4n) is 6.75. The van der Waals surface area contributed by atoms with E-state index in [0.717, 1.165) is 56.5 Å². The minimum Gasteiger partial charge on any atom is -0.495 e. The molecule has 41 heavy (non-hydrogen) atoms. The lowest BCUT2D eigenvalue weighted by atomic mass is 9.69. The van der Waals surface area contributed by atoms with E-state index in [9.17, 15) is 18.4 Å². The molecule has 1 aromatic heterocycles. The van der Waals surface area contributed by atoms with Gasteiger partial charge in [0.2, 0.25) is 5.95 Å². The lowest BCUT2D eigenvalue weighted by Gasteiger charge is -2.40. The molecule has 3 heterocycles. The standard InChI is InChI=1S/C29H37F2N7O3/c1-37-23-15-33-28(36-25(23)38(19-5-3-4-6-19)16-29(30,31)27(37)40)35-21-10-8-18(13-24(21)41-2)26(39)34-22-14-32-12-11-17-7-9-20(17)22/h8,10,13,15,17,19-20,22,32H,3-7,9,11-12,14,16H2,1-2H3,(H,34,39)(H,33,35,36)/t17?,20-,22-/m1/s1. The van der Waals surface area contributed by atoms with E-state index in [1.54, 1.807) is 23.1 Å². The summed E-state index contributed by atoms with van der Waals surface area (Å²) < 4.78 is 35.4. The Morgan fingerprint density at radius 1 is 1.17 bits per heavy atom. The highest BCUT2D eigenvalue weighted by Crippen LogP contribution is 2.41. The summed E-state index contributed by atoms with van der Waals surface area (Å²) in [6.07, 6.45) is 8.33. The number of aromatic nitrogens is 2. The molecule has 12 heteroatoms. The molecule has 3 atom stereocenters. The lowest BCUT2D eigenvalue weighted by Crippen LogP contribution is -2.49. The topological polar surface area (TPSA) is 112 Å². The minimum absolute atomic E-state index is 0.0979. The van der Waals surface area contributed by atoms with Crippen molar-refractivity contribution in [1.29, 1.82) is 0 Å². The third-order valence-corrected chi connectivity index (χ3v) is 9.21. The molecule has 2 aliphatic heterocycles. The minimum atomic E-state index is -3.54. The van der Waals surface area contributed by atoms with Gasteiger partial charge in [0, 0.05) is 31.2 Å². The second-order valence-corrected chi connectivity index (χ2v) is 11.7. The number of nitrogens with zero attached hydrogens (tertiary/aromatic N) is 4. The number of rotatable bonds is 6. The third-order valence-electron chi connectivity index (χ3n) is 9.21. The molecule has 1 unspecified atom stereocenters. The number of benzene rings is 1. The second kappa shape index (κ2) is 11.0. The molecule has 6 rings (SSSR count). The van der Waals surface area contributed by atoms with E-state index in [1.807, 2.05) is 0 Å². The Labute approximate surface area is 238 Å². The van der Waals surface area contributed by atoms with Gasteiger partial charge < -0.3 is 30.5 Å². The van der Waals surface area contributed by atoms with Crippen LogP contribution in [0.25, 0.3) is 0 Å². The molecule has 3 fully saturated rings. The van der Waals surface area contributed by atoms with Crippen LogP contribution in [0.1, 0.15) is 55.3 Å². The number of alkyl halides is 2. The zero-order valence-corrected chi connectivity index (χ0v) is 23.5. The number of carbonyl (C=O) groups is 2. The van der Waals surface area contributed by atoms with E-state index >= 15 is 0 Å². The third kappa shape index (κ3) is 5.29. The van der Waals surface area contributed by atoms with E-state index in [0.29, 0.717) is 34.7 Å². The molecule has 4 aliphatic rings. The van der Waals surface area contributed by atoms with Crippen molar-refractivity contribution in [2.45, 2.75) is 63.0 Å². The van der Waals surface area contributed by atoms with Gasteiger partial charge in [0.25, 0.3) is 11.8 Å². The number of halogens is 2. The van der Waals surface area contributed by atoms with Crippen LogP contribution < -0.4 is 30.5 Å². The molecule has 2 aliphatic carbocycles. The van der Waals surface area contributed by atoms with Crippen LogP contribution in [0, 0.1) is 11.8 Å². The van der Waals surface area contributed by atoms with E-state index in [4.69, 9.17) is 4.74 Å².